The lowest BCUT2D eigenvalue weighted by atomic mass is 10.2. The molecule has 0 aliphatic rings. The van der Waals surface area contributed by atoms with Crippen LogP contribution in [0, 0.1) is 0 Å². The highest BCUT2D eigenvalue weighted by Gasteiger charge is 1.88. The minimum atomic E-state index is 0.0979. The minimum Gasteiger partial charge on any atom is -0.325 e. The number of rotatable bonds is 2. The molecule has 1 aromatic carbocycles. The van der Waals surface area contributed by atoms with Gasteiger partial charge in [-0.1, -0.05) is 35.9 Å². The summed E-state index contributed by atoms with van der Waals surface area (Å²) in [5.74, 6) is 0. The predicted octanol–water partition coefficient (Wildman–Crippen LogP) is 2.70. The van der Waals surface area contributed by atoms with Gasteiger partial charge >= 0.3 is 0 Å². The minimum absolute atomic E-state index is 0.0979. The van der Waals surface area contributed by atoms with Gasteiger partial charge in [-0.3, -0.25) is 0 Å². The summed E-state index contributed by atoms with van der Waals surface area (Å²) >= 11 is 5.73. The monoisotopic (exact) mass is 181 g/mol. The lowest BCUT2D eigenvalue weighted by Crippen LogP contribution is -2.09. The van der Waals surface area contributed by atoms with Gasteiger partial charge in [-0.25, -0.2) is 0 Å². The zero-order valence-corrected chi connectivity index (χ0v) is 7.75. The molecule has 0 spiro atoms. The van der Waals surface area contributed by atoms with Crippen molar-refractivity contribution >= 4 is 17.7 Å². The molecule has 2 N–H and O–H groups in total. The van der Waals surface area contributed by atoms with Crippen molar-refractivity contribution < 1.29 is 0 Å². The molecule has 0 amide bonds. The Balaban J connectivity index is 2.71. The summed E-state index contributed by atoms with van der Waals surface area (Å²) in [6.07, 6.45) is 3.93. The molecule has 12 heavy (non-hydrogen) atoms. The molecule has 1 nitrogen and oxygen atoms in total. The lowest BCUT2D eigenvalue weighted by molar-refractivity contribution is 0.931. The van der Waals surface area contributed by atoms with Crippen LogP contribution in [0.4, 0.5) is 0 Å². The third-order valence-electron chi connectivity index (χ3n) is 1.46. The van der Waals surface area contributed by atoms with E-state index in [1.807, 2.05) is 43.3 Å². The first kappa shape index (κ1) is 9.30. The highest BCUT2D eigenvalue weighted by Crippen LogP contribution is 2.10. The second-order valence-corrected chi connectivity index (χ2v) is 3.21. The Hall–Kier alpha value is -0.790. The van der Waals surface area contributed by atoms with Gasteiger partial charge < -0.3 is 5.73 Å². The highest BCUT2D eigenvalue weighted by atomic mass is 35.5. The smallest absolute Gasteiger partial charge is 0.0406 e. The summed E-state index contributed by atoms with van der Waals surface area (Å²) in [5.41, 5.74) is 6.68. The van der Waals surface area contributed by atoms with E-state index in [2.05, 4.69) is 0 Å². The fourth-order valence-corrected chi connectivity index (χ4v) is 0.963. The van der Waals surface area contributed by atoms with Crippen LogP contribution in [0.1, 0.15) is 12.5 Å². The lowest BCUT2D eigenvalue weighted by Gasteiger charge is -1.95. The summed E-state index contributed by atoms with van der Waals surface area (Å²) in [6, 6.07) is 7.74. The van der Waals surface area contributed by atoms with Crippen molar-refractivity contribution in [1.82, 2.24) is 0 Å². The van der Waals surface area contributed by atoms with Crippen molar-refractivity contribution in [2.24, 2.45) is 5.73 Å². The average Bonchev–Trinajstić information content (AvgIpc) is 2.03. The first-order valence-corrected chi connectivity index (χ1v) is 4.25. The third kappa shape index (κ3) is 3.07. The Morgan fingerprint density at radius 3 is 2.42 bits per heavy atom. The molecule has 0 bridgehead atoms. The average molecular weight is 182 g/mol. The van der Waals surface area contributed by atoms with Crippen molar-refractivity contribution in [3.8, 4) is 0 Å². The van der Waals surface area contributed by atoms with E-state index in [9.17, 15) is 0 Å². The van der Waals surface area contributed by atoms with Gasteiger partial charge in [0.1, 0.15) is 0 Å². The van der Waals surface area contributed by atoms with Gasteiger partial charge in [-0.15, -0.1) is 0 Å². The summed E-state index contributed by atoms with van der Waals surface area (Å²) in [7, 11) is 0. The number of hydrogen-bond donors (Lipinski definition) is 1. The van der Waals surface area contributed by atoms with Crippen molar-refractivity contribution in [2.45, 2.75) is 13.0 Å². The molecular weight excluding hydrogens is 170 g/mol. The van der Waals surface area contributed by atoms with E-state index in [0.29, 0.717) is 0 Å². The topological polar surface area (TPSA) is 26.0 Å². The number of halogens is 1. The molecule has 0 aromatic heterocycles. The van der Waals surface area contributed by atoms with E-state index < -0.39 is 0 Å². The number of benzene rings is 1. The molecule has 0 aliphatic carbocycles. The molecule has 1 atom stereocenters. The predicted molar refractivity (Wildman–Crippen MR) is 54.1 cm³/mol. The van der Waals surface area contributed by atoms with E-state index in [0.717, 1.165) is 10.6 Å². The van der Waals surface area contributed by atoms with Gasteiger partial charge in [0.05, 0.1) is 0 Å². The molecule has 2 heteroatoms. The standard InChI is InChI=1S/C10H12ClN/c1-8(12)2-3-9-4-6-10(11)7-5-9/h2-8H,12H2,1H3/t8-/m1/s1. The highest BCUT2D eigenvalue weighted by molar-refractivity contribution is 6.30. The molecule has 0 fully saturated rings. The molecule has 0 saturated heterocycles. The molecule has 0 saturated carbocycles. The maximum Gasteiger partial charge on any atom is 0.0406 e. The summed E-state index contributed by atoms with van der Waals surface area (Å²) in [6.45, 7) is 1.94. The Labute approximate surface area is 77.8 Å². The van der Waals surface area contributed by atoms with E-state index >= 15 is 0 Å². The van der Waals surface area contributed by atoms with Crippen LogP contribution in [-0.4, -0.2) is 6.04 Å². The van der Waals surface area contributed by atoms with Crippen molar-refractivity contribution in [3.05, 3.63) is 40.9 Å². The molecular formula is C10H12ClN. The van der Waals surface area contributed by atoms with E-state index in [4.69, 9.17) is 17.3 Å². The van der Waals surface area contributed by atoms with Gasteiger partial charge in [0, 0.05) is 11.1 Å². The molecule has 0 radical (unpaired) electrons. The second-order valence-electron chi connectivity index (χ2n) is 2.77. The van der Waals surface area contributed by atoms with Crippen LogP contribution in [0.15, 0.2) is 30.3 Å². The van der Waals surface area contributed by atoms with Gasteiger partial charge in [-0.2, -0.15) is 0 Å². The van der Waals surface area contributed by atoms with Gasteiger partial charge in [0.25, 0.3) is 0 Å². The second kappa shape index (κ2) is 4.29. The third-order valence-corrected chi connectivity index (χ3v) is 1.71. The van der Waals surface area contributed by atoms with Crippen LogP contribution in [-0.2, 0) is 0 Å². The maximum atomic E-state index is 5.73. The van der Waals surface area contributed by atoms with Crippen LogP contribution in [0.5, 0.6) is 0 Å². The van der Waals surface area contributed by atoms with Crippen molar-refractivity contribution in [2.75, 3.05) is 0 Å². The van der Waals surface area contributed by atoms with Gasteiger partial charge in [0.2, 0.25) is 0 Å². The molecule has 64 valence electrons. The summed E-state index contributed by atoms with van der Waals surface area (Å²) < 4.78 is 0. The molecule has 0 unspecified atom stereocenters. The normalized spacial score (nSPS) is 13.6. The summed E-state index contributed by atoms with van der Waals surface area (Å²) in [4.78, 5) is 0. The number of nitrogens with two attached hydrogens (primary N) is 1. The first-order chi connectivity index (χ1) is 5.68. The fraction of sp³-hybridized carbons (Fsp3) is 0.200. The Bertz CT molecular complexity index is 262. The molecule has 0 aliphatic heterocycles. The van der Waals surface area contributed by atoms with Crippen molar-refractivity contribution in [3.63, 3.8) is 0 Å². The molecule has 1 rings (SSSR count). The number of hydrogen-bond acceptors (Lipinski definition) is 1. The Morgan fingerprint density at radius 1 is 1.33 bits per heavy atom. The van der Waals surface area contributed by atoms with Crippen LogP contribution in [0.25, 0.3) is 6.08 Å². The SMILES string of the molecule is C[C@@H](N)C=Cc1ccc(Cl)cc1. The quantitative estimate of drug-likeness (QED) is 0.746. The molecule has 1 aromatic rings. The molecule has 0 heterocycles. The van der Waals surface area contributed by atoms with Gasteiger partial charge in [-0.05, 0) is 24.6 Å². The van der Waals surface area contributed by atoms with Crippen LogP contribution in [0.2, 0.25) is 5.02 Å². The van der Waals surface area contributed by atoms with Gasteiger partial charge in [0.15, 0.2) is 0 Å². The van der Waals surface area contributed by atoms with E-state index in [1.165, 1.54) is 0 Å². The zero-order chi connectivity index (χ0) is 8.97. The van der Waals surface area contributed by atoms with E-state index in [-0.39, 0.29) is 6.04 Å². The first-order valence-electron chi connectivity index (χ1n) is 3.88. The van der Waals surface area contributed by atoms with Crippen LogP contribution >= 0.6 is 11.6 Å². The maximum absolute atomic E-state index is 5.73. The van der Waals surface area contributed by atoms with E-state index in [1.54, 1.807) is 0 Å². The largest absolute Gasteiger partial charge is 0.325 e. The van der Waals surface area contributed by atoms with Crippen LogP contribution in [0.3, 0.4) is 0 Å². The Morgan fingerprint density at radius 2 is 1.92 bits per heavy atom. The fourth-order valence-electron chi connectivity index (χ4n) is 0.837. The summed E-state index contributed by atoms with van der Waals surface area (Å²) in [5, 5.41) is 0.757. The van der Waals surface area contributed by atoms with Crippen LogP contribution < -0.4 is 5.73 Å². The zero-order valence-electron chi connectivity index (χ0n) is 7.00. The van der Waals surface area contributed by atoms with Crippen molar-refractivity contribution in [1.29, 1.82) is 0 Å². The Kier molecular flexibility index (Phi) is 3.32.